The van der Waals surface area contributed by atoms with E-state index < -0.39 is 0 Å². The lowest BCUT2D eigenvalue weighted by molar-refractivity contribution is 0.358. The molecular weight excluding hydrogens is 226 g/mol. The lowest BCUT2D eigenvalue weighted by Gasteiger charge is -2.02. The van der Waals surface area contributed by atoms with Crippen molar-refractivity contribution in [2.24, 2.45) is 0 Å². The maximum Gasteiger partial charge on any atom is 0.240 e. The van der Waals surface area contributed by atoms with Crippen LogP contribution in [0.25, 0.3) is 0 Å². The van der Waals surface area contributed by atoms with Gasteiger partial charge in [-0.2, -0.15) is 4.98 Å². The van der Waals surface area contributed by atoms with E-state index >= 15 is 0 Å². The Balaban J connectivity index is 1.98. The summed E-state index contributed by atoms with van der Waals surface area (Å²) in [6, 6.07) is 8.76. The number of benzene rings is 1. The number of nitrogens with zero attached hydrogens (tertiary/aromatic N) is 2. The molecule has 18 heavy (non-hydrogen) atoms. The Morgan fingerprint density at radius 1 is 1.33 bits per heavy atom. The molecule has 0 aliphatic carbocycles. The SMILES string of the molecule is Cc1cccc(Cc2noc(CNC(C)C)n2)c1. The monoisotopic (exact) mass is 245 g/mol. The van der Waals surface area contributed by atoms with E-state index in [9.17, 15) is 0 Å². The third-order valence-corrected chi connectivity index (χ3v) is 2.62. The molecule has 1 aromatic heterocycles. The molecule has 4 nitrogen and oxygen atoms in total. The summed E-state index contributed by atoms with van der Waals surface area (Å²) in [5, 5.41) is 7.24. The second-order valence-electron chi connectivity index (χ2n) is 4.81. The number of hydrogen-bond donors (Lipinski definition) is 1. The average Bonchev–Trinajstić information content (AvgIpc) is 2.74. The van der Waals surface area contributed by atoms with E-state index in [1.54, 1.807) is 0 Å². The quantitative estimate of drug-likeness (QED) is 0.879. The van der Waals surface area contributed by atoms with Gasteiger partial charge in [0, 0.05) is 12.5 Å². The number of rotatable bonds is 5. The number of aromatic nitrogens is 2. The highest BCUT2D eigenvalue weighted by Gasteiger charge is 2.07. The van der Waals surface area contributed by atoms with Crippen LogP contribution in [0, 0.1) is 6.92 Å². The van der Waals surface area contributed by atoms with E-state index in [0.29, 0.717) is 24.9 Å². The minimum atomic E-state index is 0.414. The molecule has 0 atom stereocenters. The van der Waals surface area contributed by atoms with Crippen molar-refractivity contribution in [3.05, 3.63) is 47.1 Å². The molecule has 0 amide bonds. The number of hydrogen-bond acceptors (Lipinski definition) is 4. The predicted octanol–water partition coefficient (Wildman–Crippen LogP) is 2.47. The maximum absolute atomic E-state index is 5.19. The van der Waals surface area contributed by atoms with Gasteiger partial charge in [-0.05, 0) is 12.5 Å². The Bertz CT molecular complexity index is 505. The lowest BCUT2D eigenvalue weighted by Crippen LogP contribution is -2.21. The van der Waals surface area contributed by atoms with Gasteiger partial charge >= 0.3 is 0 Å². The molecule has 0 saturated carbocycles. The molecule has 4 heteroatoms. The van der Waals surface area contributed by atoms with Crippen LogP contribution in [0.1, 0.15) is 36.7 Å². The Kier molecular flexibility index (Phi) is 4.10. The molecule has 1 aromatic carbocycles. The predicted molar refractivity (Wildman–Crippen MR) is 70.3 cm³/mol. The van der Waals surface area contributed by atoms with Crippen molar-refractivity contribution < 1.29 is 4.52 Å². The van der Waals surface area contributed by atoms with Crippen LogP contribution >= 0.6 is 0 Å². The third-order valence-electron chi connectivity index (χ3n) is 2.62. The Morgan fingerprint density at radius 2 is 2.17 bits per heavy atom. The van der Waals surface area contributed by atoms with Crippen molar-refractivity contribution in [3.8, 4) is 0 Å². The van der Waals surface area contributed by atoms with Crippen LogP contribution < -0.4 is 5.32 Å². The molecule has 0 radical (unpaired) electrons. The van der Waals surface area contributed by atoms with E-state index in [1.165, 1.54) is 11.1 Å². The van der Waals surface area contributed by atoms with Crippen LogP contribution in [0.4, 0.5) is 0 Å². The van der Waals surface area contributed by atoms with Crippen molar-refractivity contribution >= 4 is 0 Å². The van der Waals surface area contributed by atoms with Crippen molar-refractivity contribution in [1.82, 2.24) is 15.5 Å². The van der Waals surface area contributed by atoms with Crippen molar-refractivity contribution in [2.75, 3.05) is 0 Å². The van der Waals surface area contributed by atoms with Crippen LogP contribution in [-0.4, -0.2) is 16.2 Å². The van der Waals surface area contributed by atoms with E-state index in [1.807, 2.05) is 6.07 Å². The van der Waals surface area contributed by atoms with E-state index in [4.69, 9.17) is 4.52 Å². The van der Waals surface area contributed by atoms with Crippen molar-refractivity contribution in [3.63, 3.8) is 0 Å². The van der Waals surface area contributed by atoms with Crippen molar-refractivity contribution in [2.45, 2.75) is 39.8 Å². The van der Waals surface area contributed by atoms with Gasteiger partial charge in [-0.15, -0.1) is 0 Å². The summed E-state index contributed by atoms with van der Waals surface area (Å²) in [6.45, 7) is 6.88. The van der Waals surface area contributed by atoms with Gasteiger partial charge in [0.1, 0.15) is 0 Å². The second-order valence-corrected chi connectivity index (χ2v) is 4.81. The summed E-state index contributed by atoms with van der Waals surface area (Å²) in [4.78, 5) is 4.37. The zero-order valence-corrected chi connectivity index (χ0v) is 11.1. The smallest absolute Gasteiger partial charge is 0.240 e. The van der Waals surface area contributed by atoms with Gasteiger partial charge in [-0.1, -0.05) is 48.8 Å². The zero-order valence-electron chi connectivity index (χ0n) is 11.1. The summed E-state index contributed by atoms with van der Waals surface area (Å²) >= 11 is 0. The van der Waals surface area contributed by atoms with Gasteiger partial charge in [0.2, 0.25) is 5.89 Å². The zero-order chi connectivity index (χ0) is 13.0. The third kappa shape index (κ3) is 3.67. The first-order valence-corrected chi connectivity index (χ1v) is 6.24. The van der Waals surface area contributed by atoms with Gasteiger partial charge in [0.15, 0.2) is 5.82 Å². The fourth-order valence-corrected chi connectivity index (χ4v) is 1.73. The molecule has 0 spiro atoms. The molecule has 1 N–H and O–H groups in total. The summed E-state index contributed by atoms with van der Waals surface area (Å²) < 4.78 is 5.19. The van der Waals surface area contributed by atoms with E-state index in [2.05, 4.69) is 54.4 Å². The molecule has 2 rings (SSSR count). The Labute approximate surface area is 107 Å². The molecule has 0 aliphatic heterocycles. The fourth-order valence-electron chi connectivity index (χ4n) is 1.73. The van der Waals surface area contributed by atoms with Gasteiger partial charge in [-0.25, -0.2) is 0 Å². The molecule has 0 saturated heterocycles. The molecule has 0 bridgehead atoms. The molecular formula is C14H19N3O. The lowest BCUT2D eigenvalue weighted by atomic mass is 10.1. The fraction of sp³-hybridized carbons (Fsp3) is 0.429. The van der Waals surface area contributed by atoms with Gasteiger partial charge in [0.25, 0.3) is 0 Å². The number of aryl methyl sites for hydroxylation is 1. The topological polar surface area (TPSA) is 51.0 Å². The molecule has 2 aromatic rings. The van der Waals surface area contributed by atoms with Gasteiger partial charge in [0.05, 0.1) is 6.54 Å². The van der Waals surface area contributed by atoms with Crippen LogP contribution in [-0.2, 0) is 13.0 Å². The van der Waals surface area contributed by atoms with Crippen LogP contribution in [0.5, 0.6) is 0 Å². The molecule has 0 unspecified atom stereocenters. The standard InChI is InChI=1S/C14H19N3O/c1-10(2)15-9-14-16-13(17-18-14)8-12-6-4-5-11(3)7-12/h4-7,10,15H,8-9H2,1-3H3. The molecule has 96 valence electrons. The Hall–Kier alpha value is -1.68. The summed E-state index contributed by atoms with van der Waals surface area (Å²) in [7, 11) is 0. The van der Waals surface area contributed by atoms with Gasteiger partial charge < -0.3 is 9.84 Å². The molecule has 1 heterocycles. The highest BCUT2D eigenvalue weighted by atomic mass is 16.5. The summed E-state index contributed by atoms with van der Waals surface area (Å²) in [6.07, 6.45) is 0.715. The highest BCUT2D eigenvalue weighted by molar-refractivity contribution is 5.24. The Morgan fingerprint density at radius 3 is 2.89 bits per heavy atom. The van der Waals surface area contributed by atoms with Crippen molar-refractivity contribution in [1.29, 1.82) is 0 Å². The van der Waals surface area contributed by atoms with E-state index in [0.717, 1.165) is 5.82 Å². The first-order valence-electron chi connectivity index (χ1n) is 6.24. The first kappa shape index (κ1) is 12.8. The van der Waals surface area contributed by atoms with Crippen LogP contribution in [0.15, 0.2) is 28.8 Å². The van der Waals surface area contributed by atoms with E-state index in [-0.39, 0.29) is 0 Å². The summed E-state index contributed by atoms with van der Waals surface area (Å²) in [5.74, 6) is 1.38. The van der Waals surface area contributed by atoms with Gasteiger partial charge in [-0.3, -0.25) is 0 Å². The first-order chi connectivity index (χ1) is 8.63. The normalized spacial score (nSPS) is 11.1. The van der Waals surface area contributed by atoms with Crippen LogP contribution in [0.2, 0.25) is 0 Å². The largest absolute Gasteiger partial charge is 0.338 e. The second kappa shape index (κ2) is 5.78. The molecule has 0 aliphatic rings. The summed E-state index contributed by atoms with van der Waals surface area (Å²) in [5.41, 5.74) is 2.46. The van der Waals surface area contributed by atoms with Crippen LogP contribution in [0.3, 0.4) is 0 Å². The average molecular weight is 245 g/mol. The maximum atomic E-state index is 5.19. The highest BCUT2D eigenvalue weighted by Crippen LogP contribution is 2.09. The minimum Gasteiger partial charge on any atom is -0.338 e. The molecule has 0 fully saturated rings. The minimum absolute atomic E-state index is 0.414. The number of nitrogens with one attached hydrogen (secondary N) is 1.